The van der Waals surface area contributed by atoms with Gasteiger partial charge in [0.05, 0.1) is 11.4 Å². The fraction of sp³-hybridized carbons (Fsp3) is 0.143. The molecular formula is C35H30ClN5. The summed E-state index contributed by atoms with van der Waals surface area (Å²) in [4.78, 5) is 14.7. The van der Waals surface area contributed by atoms with E-state index < -0.39 is 0 Å². The third kappa shape index (κ3) is 4.99. The lowest BCUT2D eigenvalue weighted by Crippen LogP contribution is -2.48. The molecule has 1 aliphatic heterocycles. The average molecular weight is 556 g/mol. The van der Waals surface area contributed by atoms with E-state index in [1.54, 1.807) is 6.33 Å². The van der Waals surface area contributed by atoms with Gasteiger partial charge in [0.25, 0.3) is 0 Å². The molecule has 7 rings (SSSR count). The zero-order chi connectivity index (χ0) is 27.6. The van der Waals surface area contributed by atoms with E-state index in [-0.39, 0.29) is 6.04 Å². The minimum absolute atomic E-state index is 0.218. The predicted molar refractivity (Wildman–Crippen MR) is 168 cm³/mol. The first-order valence-electron chi connectivity index (χ1n) is 14.0. The summed E-state index contributed by atoms with van der Waals surface area (Å²) in [6.07, 6.45) is 3.88. The molecule has 6 heteroatoms. The van der Waals surface area contributed by atoms with Crippen LogP contribution in [-0.2, 0) is 0 Å². The van der Waals surface area contributed by atoms with Gasteiger partial charge in [-0.25, -0.2) is 9.97 Å². The molecule has 3 heterocycles. The Balaban J connectivity index is 1.26. The van der Waals surface area contributed by atoms with E-state index in [0.717, 1.165) is 59.8 Å². The van der Waals surface area contributed by atoms with E-state index in [1.165, 1.54) is 11.1 Å². The Kier molecular flexibility index (Phi) is 6.97. The van der Waals surface area contributed by atoms with Gasteiger partial charge in [-0.2, -0.15) is 0 Å². The topological polar surface area (TPSA) is 37.2 Å². The number of hydrogen-bond donors (Lipinski definition) is 0. The third-order valence-electron chi connectivity index (χ3n) is 7.96. The molecule has 0 atom stereocenters. The van der Waals surface area contributed by atoms with Crippen LogP contribution in [0.5, 0.6) is 0 Å². The number of aromatic nitrogens is 3. The van der Waals surface area contributed by atoms with Crippen LogP contribution in [0.4, 0.5) is 5.82 Å². The first kappa shape index (κ1) is 25.5. The number of nitrogens with zero attached hydrogens (tertiary/aromatic N) is 5. The molecule has 0 bridgehead atoms. The van der Waals surface area contributed by atoms with E-state index in [0.29, 0.717) is 5.02 Å². The van der Waals surface area contributed by atoms with Gasteiger partial charge >= 0.3 is 0 Å². The zero-order valence-electron chi connectivity index (χ0n) is 22.6. The summed E-state index contributed by atoms with van der Waals surface area (Å²) in [5.74, 6) is 0.984. The fourth-order valence-corrected chi connectivity index (χ4v) is 6.12. The first-order valence-corrected chi connectivity index (χ1v) is 14.4. The number of halogens is 1. The van der Waals surface area contributed by atoms with E-state index >= 15 is 0 Å². The fourth-order valence-electron chi connectivity index (χ4n) is 6.00. The van der Waals surface area contributed by atoms with Crippen molar-refractivity contribution in [2.75, 3.05) is 31.1 Å². The number of hydrogen-bond acceptors (Lipinski definition) is 4. The molecule has 202 valence electrons. The van der Waals surface area contributed by atoms with Gasteiger partial charge in [0.1, 0.15) is 12.1 Å². The summed E-state index contributed by atoms with van der Waals surface area (Å²) in [6.45, 7) is 3.61. The molecule has 1 aliphatic rings. The molecule has 6 aromatic rings. The third-order valence-corrected chi connectivity index (χ3v) is 8.21. The second kappa shape index (κ2) is 11.2. The maximum Gasteiger partial charge on any atom is 0.150 e. The lowest BCUT2D eigenvalue weighted by Gasteiger charge is -2.40. The van der Waals surface area contributed by atoms with Crippen molar-refractivity contribution in [3.05, 3.63) is 144 Å². The normalized spacial score (nSPS) is 14.1. The minimum Gasteiger partial charge on any atom is -0.353 e. The Bertz CT molecular complexity index is 1700. The van der Waals surface area contributed by atoms with Crippen LogP contribution in [0.15, 0.2) is 128 Å². The lowest BCUT2D eigenvalue weighted by molar-refractivity contribution is 0.212. The monoisotopic (exact) mass is 555 g/mol. The van der Waals surface area contributed by atoms with E-state index in [1.807, 2.05) is 24.3 Å². The van der Waals surface area contributed by atoms with Crippen LogP contribution in [-0.4, -0.2) is 45.6 Å². The summed E-state index contributed by atoms with van der Waals surface area (Å²) in [7, 11) is 0. The molecule has 0 spiro atoms. The van der Waals surface area contributed by atoms with Gasteiger partial charge in [0.2, 0.25) is 0 Å². The zero-order valence-corrected chi connectivity index (χ0v) is 23.4. The van der Waals surface area contributed by atoms with Crippen LogP contribution in [0.2, 0.25) is 5.02 Å². The summed E-state index contributed by atoms with van der Waals surface area (Å²) < 4.78 is 2.15. The van der Waals surface area contributed by atoms with Gasteiger partial charge in [-0.05, 0) is 41.0 Å². The Morgan fingerprint density at radius 3 is 1.83 bits per heavy atom. The Morgan fingerprint density at radius 2 is 1.22 bits per heavy atom. The molecule has 0 saturated carbocycles. The standard InChI is InChI=1S/C35H30ClN5/c36-29-16-18-30(19-17-29)41-24-31(26-10-4-1-5-11-26)32-34(37-25-38-35(32)41)40-22-20-39(21-23-40)33(27-12-6-2-7-13-27)28-14-8-3-9-15-28/h1-19,24-25,33H,20-23H2. The van der Waals surface area contributed by atoms with Crippen molar-refractivity contribution in [2.45, 2.75) is 6.04 Å². The van der Waals surface area contributed by atoms with E-state index in [9.17, 15) is 0 Å². The summed E-state index contributed by atoms with van der Waals surface area (Å²) in [5.41, 5.74) is 6.83. The van der Waals surface area contributed by atoms with Gasteiger partial charge in [-0.1, -0.05) is 103 Å². The van der Waals surface area contributed by atoms with Crippen molar-refractivity contribution in [1.82, 2.24) is 19.4 Å². The molecule has 0 radical (unpaired) electrons. The molecule has 2 aromatic heterocycles. The summed E-state index contributed by atoms with van der Waals surface area (Å²) in [6, 6.07) is 40.3. The van der Waals surface area contributed by atoms with Crippen LogP contribution in [0, 0.1) is 0 Å². The SMILES string of the molecule is Clc1ccc(-n2cc(-c3ccccc3)c3c(N4CCN(C(c5ccccc5)c5ccccc5)CC4)ncnc32)cc1. The maximum absolute atomic E-state index is 6.21. The van der Waals surface area contributed by atoms with Gasteiger partial charge < -0.3 is 9.47 Å². The van der Waals surface area contributed by atoms with Crippen LogP contribution < -0.4 is 4.90 Å². The predicted octanol–water partition coefficient (Wildman–Crippen LogP) is 7.65. The van der Waals surface area contributed by atoms with Gasteiger partial charge in [-0.15, -0.1) is 0 Å². The summed E-state index contributed by atoms with van der Waals surface area (Å²) >= 11 is 6.21. The quantitative estimate of drug-likeness (QED) is 0.211. The molecule has 0 amide bonds. The van der Waals surface area contributed by atoms with Crippen LogP contribution in [0.1, 0.15) is 17.2 Å². The highest BCUT2D eigenvalue weighted by Crippen LogP contribution is 2.38. The highest BCUT2D eigenvalue weighted by atomic mass is 35.5. The van der Waals surface area contributed by atoms with Crippen molar-refractivity contribution >= 4 is 28.5 Å². The highest BCUT2D eigenvalue weighted by molar-refractivity contribution is 6.30. The smallest absolute Gasteiger partial charge is 0.150 e. The second-order valence-electron chi connectivity index (χ2n) is 10.4. The van der Waals surface area contributed by atoms with Crippen molar-refractivity contribution in [3.63, 3.8) is 0 Å². The molecule has 1 fully saturated rings. The minimum atomic E-state index is 0.218. The van der Waals surface area contributed by atoms with E-state index in [4.69, 9.17) is 21.6 Å². The summed E-state index contributed by atoms with van der Waals surface area (Å²) in [5, 5.41) is 1.79. The molecule has 41 heavy (non-hydrogen) atoms. The number of benzene rings is 4. The largest absolute Gasteiger partial charge is 0.353 e. The highest BCUT2D eigenvalue weighted by Gasteiger charge is 2.29. The molecular weight excluding hydrogens is 526 g/mol. The number of anilines is 1. The molecule has 1 saturated heterocycles. The van der Waals surface area contributed by atoms with Crippen LogP contribution in [0.3, 0.4) is 0 Å². The van der Waals surface area contributed by atoms with Gasteiger partial charge in [0, 0.05) is 48.6 Å². The average Bonchev–Trinajstić information content (AvgIpc) is 3.44. The van der Waals surface area contributed by atoms with Crippen molar-refractivity contribution < 1.29 is 0 Å². The Labute approximate surface area is 245 Å². The van der Waals surface area contributed by atoms with Gasteiger partial charge in [-0.3, -0.25) is 4.90 Å². The molecule has 0 N–H and O–H groups in total. The Hall–Kier alpha value is -4.45. The van der Waals surface area contributed by atoms with Crippen molar-refractivity contribution in [1.29, 1.82) is 0 Å². The number of fused-ring (bicyclic) bond motifs is 1. The molecule has 4 aromatic carbocycles. The van der Waals surface area contributed by atoms with Gasteiger partial charge in [0.15, 0.2) is 5.65 Å². The molecule has 0 aliphatic carbocycles. The van der Waals surface area contributed by atoms with Crippen molar-refractivity contribution in [2.24, 2.45) is 0 Å². The molecule has 0 unspecified atom stereocenters. The Morgan fingerprint density at radius 1 is 0.634 bits per heavy atom. The van der Waals surface area contributed by atoms with Crippen LogP contribution >= 0.6 is 11.6 Å². The van der Waals surface area contributed by atoms with E-state index in [2.05, 4.69) is 112 Å². The lowest BCUT2D eigenvalue weighted by atomic mass is 9.96. The second-order valence-corrected chi connectivity index (χ2v) is 10.8. The number of piperazine rings is 1. The maximum atomic E-state index is 6.21. The number of rotatable bonds is 6. The first-order chi connectivity index (χ1) is 20.3. The van der Waals surface area contributed by atoms with Crippen molar-refractivity contribution in [3.8, 4) is 16.8 Å². The van der Waals surface area contributed by atoms with Crippen LogP contribution in [0.25, 0.3) is 27.8 Å². The molecule has 5 nitrogen and oxygen atoms in total.